The molecular weight excluding hydrogens is 312 g/mol. The third-order valence-corrected chi connectivity index (χ3v) is 3.99. The number of nitrogens with one attached hydrogen (secondary N) is 1. The van der Waals surface area contributed by atoms with Crippen LogP contribution in [-0.2, 0) is 11.2 Å². The summed E-state index contributed by atoms with van der Waals surface area (Å²) in [5.41, 5.74) is 3.03. The SMILES string of the molecule is CN(CCNC(=O)Cc1cnn(-c2ccccc2)c1)c1ccccc1. The molecule has 0 unspecified atom stereocenters. The highest BCUT2D eigenvalue weighted by molar-refractivity contribution is 5.78. The largest absolute Gasteiger partial charge is 0.373 e. The number of rotatable bonds is 7. The van der Waals surface area contributed by atoms with Gasteiger partial charge in [-0.2, -0.15) is 5.10 Å². The summed E-state index contributed by atoms with van der Waals surface area (Å²) >= 11 is 0. The second-order valence-electron chi connectivity index (χ2n) is 5.91. The molecule has 0 saturated heterocycles. The summed E-state index contributed by atoms with van der Waals surface area (Å²) in [5.74, 6) is 0.00840. The van der Waals surface area contributed by atoms with Gasteiger partial charge in [0.1, 0.15) is 0 Å². The van der Waals surface area contributed by atoms with Crippen molar-refractivity contribution in [1.29, 1.82) is 0 Å². The summed E-state index contributed by atoms with van der Waals surface area (Å²) < 4.78 is 1.78. The number of carbonyl (C=O) groups excluding carboxylic acids is 1. The summed E-state index contributed by atoms with van der Waals surface area (Å²) in [4.78, 5) is 14.2. The number of likely N-dealkylation sites (N-methyl/N-ethyl adjacent to an activating group) is 1. The average molecular weight is 334 g/mol. The number of anilines is 1. The fourth-order valence-electron chi connectivity index (χ4n) is 2.60. The van der Waals surface area contributed by atoms with Crippen molar-refractivity contribution in [2.45, 2.75) is 6.42 Å². The lowest BCUT2D eigenvalue weighted by Crippen LogP contribution is -2.33. The van der Waals surface area contributed by atoms with Crippen LogP contribution in [0.2, 0.25) is 0 Å². The molecule has 25 heavy (non-hydrogen) atoms. The van der Waals surface area contributed by atoms with Gasteiger partial charge in [0, 0.05) is 32.0 Å². The molecule has 5 heteroatoms. The van der Waals surface area contributed by atoms with Crippen LogP contribution in [0.25, 0.3) is 5.69 Å². The molecule has 3 rings (SSSR count). The number of benzene rings is 2. The number of para-hydroxylation sites is 2. The molecule has 2 aromatic carbocycles. The van der Waals surface area contributed by atoms with Crippen LogP contribution in [0.3, 0.4) is 0 Å². The molecule has 0 bridgehead atoms. The van der Waals surface area contributed by atoms with E-state index in [2.05, 4.69) is 27.4 Å². The lowest BCUT2D eigenvalue weighted by Gasteiger charge is -2.19. The Hall–Kier alpha value is -3.08. The minimum atomic E-state index is 0.00840. The molecular formula is C20H22N4O. The molecule has 1 aromatic heterocycles. The van der Waals surface area contributed by atoms with Crippen molar-refractivity contribution in [3.63, 3.8) is 0 Å². The summed E-state index contributed by atoms with van der Waals surface area (Å²) in [5, 5.41) is 7.28. The van der Waals surface area contributed by atoms with E-state index in [9.17, 15) is 4.79 Å². The van der Waals surface area contributed by atoms with E-state index in [1.54, 1.807) is 10.9 Å². The Balaban J connectivity index is 1.46. The predicted octanol–water partition coefficient (Wildman–Crippen LogP) is 2.67. The summed E-state index contributed by atoms with van der Waals surface area (Å²) in [6.07, 6.45) is 3.97. The summed E-state index contributed by atoms with van der Waals surface area (Å²) in [7, 11) is 2.02. The quantitative estimate of drug-likeness (QED) is 0.723. The molecule has 0 spiro atoms. The highest BCUT2D eigenvalue weighted by Crippen LogP contribution is 2.10. The van der Waals surface area contributed by atoms with Crippen LogP contribution in [0.5, 0.6) is 0 Å². The first-order valence-corrected chi connectivity index (χ1v) is 8.34. The van der Waals surface area contributed by atoms with Crippen molar-refractivity contribution in [3.8, 4) is 5.69 Å². The second-order valence-corrected chi connectivity index (χ2v) is 5.91. The Morgan fingerprint density at radius 1 is 1.08 bits per heavy atom. The van der Waals surface area contributed by atoms with Crippen LogP contribution in [0.4, 0.5) is 5.69 Å². The first-order chi connectivity index (χ1) is 12.2. The Morgan fingerprint density at radius 2 is 1.76 bits per heavy atom. The smallest absolute Gasteiger partial charge is 0.224 e. The average Bonchev–Trinajstić information content (AvgIpc) is 3.11. The predicted molar refractivity (Wildman–Crippen MR) is 100.0 cm³/mol. The maximum atomic E-state index is 12.1. The van der Waals surface area contributed by atoms with E-state index < -0.39 is 0 Å². The standard InChI is InChI=1S/C20H22N4O/c1-23(18-8-4-2-5-9-18)13-12-21-20(25)14-17-15-22-24(16-17)19-10-6-3-7-11-19/h2-11,15-16H,12-14H2,1H3,(H,21,25). The molecule has 1 heterocycles. The Bertz CT molecular complexity index is 799. The van der Waals surface area contributed by atoms with Gasteiger partial charge in [-0.3, -0.25) is 4.79 Å². The maximum absolute atomic E-state index is 12.1. The van der Waals surface area contributed by atoms with Crippen LogP contribution in [0, 0.1) is 0 Å². The fraction of sp³-hybridized carbons (Fsp3) is 0.200. The number of carbonyl (C=O) groups is 1. The molecule has 1 amide bonds. The molecule has 128 valence electrons. The van der Waals surface area contributed by atoms with Gasteiger partial charge in [-0.05, 0) is 29.8 Å². The molecule has 3 aromatic rings. The van der Waals surface area contributed by atoms with E-state index in [1.165, 1.54) is 0 Å². The van der Waals surface area contributed by atoms with Gasteiger partial charge in [-0.15, -0.1) is 0 Å². The van der Waals surface area contributed by atoms with Gasteiger partial charge in [0.25, 0.3) is 0 Å². The third kappa shape index (κ3) is 4.70. The van der Waals surface area contributed by atoms with Crippen molar-refractivity contribution < 1.29 is 4.79 Å². The Morgan fingerprint density at radius 3 is 2.48 bits per heavy atom. The zero-order valence-electron chi connectivity index (χ0n) is 14.3. The number of hydrogen-bond donors (Lipinski definition) is 1. The third-order valence-electron chi connectivity index (χ3n) is 3.99. The van der Waals surface area contributed by atoms with Gasteiger partial charge in [-0.25, -0.2) is 4.68 Å². The molecule has 0 aliphatic heterocycles. The lowest BCUT2D eigenvalue weighted by molar-refractivity contribution is -0.120. The molecule has 0 radical (unpaired) electrons. The number of aromatic nitrogens is 2. The van der Waals surface area contributed by atoms with Crippen molar-refractivity contribution in [1.82, 2.24) is 15.1 Å². The van der Waals surface area contributed by atoms with E-state index in [-0.39, 0.29) is 5.91 Å². The van der Waals surface area contributed by atoms with E-state index in [0.29, 0.717) is 13.0 Å². The van der Waals surface area contributed by atoms with Crippen molar-refractivity contribution in [2.75, 3.05) is 25.0 Å². The first kappa shape index (κ1) is 16.8. The number of amides is 1. The van der Waals surface area contributed by atoms with Crippen LogP contribution < -0.4 is 10.2 Å². The monoisotopic (exact) mass is 334 g/mol. The topological polar surface area (TPSA) is 50.2 Å². The van der Waals surface area contributed by atoms with Crippen LogP contribution in [0.1, 0.15) is 5.56 Å². The van der Waals surface area contributed by atoms with Crippen molar-refractivity contribution in [2.24, 2.45) is 0 Å². The minimum absolute atomic E-state index is 0.00840. The Labute approximate surface area is 147 Å². The van der Waals surface area contributed by atoms with Crippen LogP contribution in [-0.4, -0.2) is 35.8 Å². The van der Waals surface area contributed by atoms with E-state index >= 15 is 0 Å². The summed E-state index contributed by atoms with van der Waals surface area (Å²) in [6, 6.07) is 20.0. The fourth-order valence-corrected chi connectivity index (χ4v) is 2.60. The molecule has 5 nitrogen and oxygen atoms in total. The molecule has 0 aliphatic rings. The zero-order chi connectivity index (χ0) is 17.5. The minimum Gasteiger partial charge on any atom is -0.373 e. The maximum Gasteiger partial charge on any atom is 0.224 e. The second kappa shape index (κ2) is 8.15. The van der Waals surface area contributed by atoms with E-state index in [4.69, 9.17) is 0 Å². The summed E-state index contributed by atoms with van der Waals surface area (Å²) in [6.45, 7) is 1.37. The molecule has 0 aliphatic carbocycles. The lowest BCUT2D eigenvalue weighted by atomic mass is 10.2. The zero-order valence-corrected chi connectivity index (χ0v) is 14.3. The highest BCUT2D eigenvalue weighted by atomic mass is 16.1. The van der Waals surface area contributed by atoms with Crippen molar-refractivity contribution >= 4 is 11.6 Å². The molecule has 1 N–H and O–H groups in total. The molecule has 0 atom stereocenters. The van der Waals surface area contributed by atoms with E-state index in [0.717, 1.165) is 23.5 Å². The van der Waals surface area contributed by atoms with Gasteiger partial charge >= 0.3 is 0 Å². The van der Waals surface area contributed by atoms with Gasteiger partial charge in [0.2, 0.25) is 5.91 Å². The first-order valence-electron chi connectivity index (χ1n) is 8.34. The van der Waals surface area contributed by atoms with Crippen LogP contribution >= 0.6 is 0 Å². The van der Waals surface area contributed by atoms with Gasteiger partial charge in [0.05, 0.1) is 18.3 Å². The number of nitrogens with zero attached hydrogens (tertiary/aromatic N) is 3. The normalized spacial score (nSPS) is 10.4. The van der Waals surface area contributed by atoms with Crippen LogP contribution in [0.15, 0.2) is 73.1 Å². The highest BCUT2D eigenvalue weighted by Gasteiger charge is 2.07. The number of hydrogen-bond acceptors (Lipinski definition) is 3. The molecule has 0 saturated carbocycles. The van der Waals surface area contributed by atoms with Gasteiger partial charge in [0.15, 0.2) is 0 Å². The van der Waals surface area contributed by atoms with E-state index in [1.807, 2.05) is 61.8 Å². The van der Waals surface area contributed by atoms with Crippen molar-refractivity contribution in [3.05, 3.63) is 78.6 Å². The molecule has 0 fully saturated rings. The van der Waals surface area contributed by atoms with Gasteiger partial charge in [-0.1, -0.05) is 36.4 Å². The van der Waals surface area contributed by atoms with Gasteiger partial charge < -0.3 is 10.2 Å². The Kier molecular flexibility index (Phi) is 5.46.